The van der Waals surface area contributed by atoms with Gasteiger partial charge in [0.05, 0.1) is 6.54 Å². The Kier molecular flexibility index (Phi) is 5.59. The minimum atomic E-state index is -1.15. The van der Waals surface area contributed by atoms with Gasteiger partial charge in [-0.3, -0.25) is 9.63 Å². The Morgan fingerprint density at radius 1 is 1.42 bits per heavy atom. The molecule has 19 heavy (non-hydrogen) atoms. The molecule has 0 aliphatic carbocycles. The summed E-state index contributed by atoms with van der Waals surface area (Å²) in [5.74, 6) is -1.59. The first-order valence-electron chi connectivity index (χ1n) is 5.54. The molecule has 0 aliphatic rings. The Morgan fingerprint density at radius 3 is 2.53 bits per heavy atom. The standard InChI is InChI=1S/C12H15ClN2O4/c1-8(12(17)18)19-14-11(16)7-15(2)10-5-3-9(13)4-6-10/h3-6,8H,7H2,1-2H3,(H,14,16)(H,17,18)/t8-/m1/s1. The highest BCUT2D eigenvalue weighted by molar-refractivity contribution is 6.30. The average Bonchev–Trinajstić information content (AvgIpc) is 2.36. The Hall–Kier alpha value is -1.79. The minimum absolute atomic E-state index is 0.0357. The van der Waals surface area contributed by atoms with E-state index >= 15 is 0 Å². The summed E-state index contributed by atoms with van der Waals surface area (Å²) in [5.41, 5.74) is 2.90. The molecule has 0 saturated heterocycles. The first-order valence-corrected chi connectivity index (χ1v) is 5.92. The van der Waals surface area contributed by atoms with E-state index in [1.165, 1.54) is 6.92 Å². The van der Waals surface area contributed by atoms with Crippen molar-refractivity contribution in [1.29, 1.82) is 0 Å². The van der Waals surface area contributed by atoms with Crippen LogP contribution in [0, 0.1) is 0 Å². The summed E-state index contributed by atoms with van der Waals surface area (Å²) in [5, 5.41) is 9.19. The third-order valence-electron chi connectivity index (χ3n) is 2.35. The van der Waals surface area contributed by atoms with Crippen molar-refractivity contribution in [2.24, 2.45) is 0 Å². The van der Waals surface area contributed by atoms with E-state index in [1.54, 1.807) is 36.2 Å². The Morgan fingerprint density at radius 2 is 2.00 bits per heavy atom. The van der Waals surface area contributed by atoms with Gasteiger partial charge in [0.2, 0.25) is 0 Å². The molecule has 0 aromatic heterocycles. The van der Waals surface area contributed by atoms with Crippen molar-refractivity contribution in [3.63, 3.8) is 0 Å². The molecule has 0 bridgehead atoms. The van der Waals surface area contributed by atoms with Crippen LogP contribution < -0.4 is 10.4 Å². The lowest BCUT2D eigenvalue weighted by molar-refractivity contribution is -0.158. The quantitative estimate of drug-likeness (QED) is 0.771. The van der Waals surface area contributed by atoms with Gasteiger partial charge in [0.25, 0.3) is 5.91 Å². The topological polar surface area (TPSA) is 78.9 Å². The summed E-state index contributed by atoms with van der Waals surface area (Å²) in [7, 11) is 1.73. The van der Waals surface area contributed by atoms with Crippen molar-refractivity contribution < 1.29 is 19.5 Å². The largest absolute Gasteiger partial charge is 0.479 e. The third-order valence-corrected chi connectivity index (χ3v) is 2.60. The zero-order chi connectivity index (χ0) is 14.4. The maximum Gasteiger partial charge on any atom is 0.335 e. The van der Waals surface area contributed by atoms with E-state index < -0.39 is 18.0 Å². The number of hydrogen-bond donors (Lipinski definition) is 2. The number of likely N-dealkylation sites (N-methyl/N-ethyl adjacent to an activating group) is 1. The molecule has 1 amide bonds. The highest BCUT2D eigenvalue weighted by Gasteiger charge is 2.14. The molecule has 2 N–H and O–H groups in total. The molecule has 0 saturated carbocycles. The van der Waals surface area contributed by atoms with E-state index in [9.17, 15) is 9.59 Å². The number of carboxylic acid groups (broad SMARTS) is 1. The highest BCUT2D eigenvalue weighted by atomic mass is 35.5. The van der Waals surface area contributed by atoms with Crippen LogP contribution in [0.5, 0.6) is 0 Å². The second-order valence-electron chi connectivity index (χ2n) is 3.96. The van der Waals surface area contributed by atoms with Crippen LogP contribution in [-0.4, -0.2) is 36.7 Å². The molecule has 104 valence electrons. The number of carboxylic acids is 1. The molecule has 0 fully saturated rings. The molecular weight excluding hydrogens is 272 g/mol. The monoisotopic (exact) mass is 286 g/mol. The van der Waals surface area contributed by atoms with Gasteiger partial charge in [-0.25, -0.2) is 10.3 Å². The first kappa shape index (κ1) is 15.3. The van der Waals surface area contributed by atoms with Gasteiger partial charge in [0.15, 0.2) is 6.10 Å². The number of carbonyl (C=O) groups excluding carboxylic acids is 1. The Bertz CT molecular complexity index is 450. The van der Waals surface area contributed by atoms with Crippen molar-refractivity contribution in [3.05, 3.63) is 29.3 Å². The van der Waals surface area contributed by atoms with Crippen LogP contribution in [-0.2, 0) is 14.4 Å². The van der Waals surface area contributed by atoms with E-state index in [4.69, 9.17) is 16.7 Å². The van der Waals surface area contributed by atoms with E-state index in [1.807, 2.05) is 0 Å². The van der Waals surface area contributed by atoms with Crippen molar-refractivity contribution in [2.75, 3.05) is 18.5 Å². The number of aliphatic carboxylic acids is 1. The predicted molar refractivity (Wildman–Crippen MR) is 71.0 cm³/mol. The number of hydrogen-bond acceptors (Lipinski definition) is 4. The molecule has 7 heteroatoms. The minimum Gasteiger partial charge on any atom is -0.479 e. The van der Waals surface area contributed by atoms with E-state index in [0.717, 1.165) is 5.69 Å². The molecule has 1 rings (SSSR count). The van der Waals surface area contributed by atoms with Gasteiger partial charge in [-0.05, 0) is 31.2 Å². The second-order valence-corrected chi connectivity index (χ2v) is 4.39. The average molecular weight is 287 g/mol. The van der Waals surface area contributed by atoms with Gasteiger partial charge in [0, 0.05) is 17.8 Å². The number of anilines is 1. The molecule has 1 atom stereocenters. The van der Waals surface area contributed by atoms with Crippen LogP contribution in [0.1, 0.15) is 6.92 Å². The van der Waals surface area contributed by atoms with Gasteiger partial charge in [-0.2, -0.15) is 0 Å². The number of nitrogens with zero attached hydrogens (tertiary/aromatic N) is 1. The van der Waals surface area contributed by atoms with Gasteiger partial charge in [-0.15, -0.1) is 0 Å². The summed E-state index contributed by atoms with van der Waals surface area (Å²) in [6.45, 7) is 1.36. The van der Waals surface area contributed by atoms with E-state index in [-0.39, 0.29) is 6.54 Å². The van der Waals surface area contributed by atoms with Crippen LogP contribution in [0.2, 0.25) is 5.02 Å². The van der Waals surface area contributed by atoms with E-state index in [0.29, 0.717) is 5.02 Å². The molecule has 0 heterocycles. The fourth-order valence-electron chi connectivity index (χ4n) is 1.24. The maximum absolute atomic E-state index is 11.5. The summed E-state index contributed by atoms with van der Waals surface area (Å²) >= 11 is 5.76. The molecule has 1 aromatic rings. The molecule has 0 spiro atoms. The zero-order valence-corrected chi connectivity index (χ0v) is 11.3. The number of hydroxylamine groups is 1. The number of carbonyl (C=O) groups is 2. The Balaban J connectivity index is 2.44. The normalized spacial score (nSPS) is 11.7. The van der Waals surface area contributed by atoms with Gasteiger partial charge < -0.3 is 10.0 Å². The molecular formula is C12H15ClN2O4. The number of nitrogens with one attached hydrogen (secondary N) is 1. The number of amides is 1. The lowest BCUT2D eigenvalue weighted by atomic mass is 10.3. The smallest absolute Gasteiger partial charge is 0.335 e. The zero-order valence-electron chi connectivity index (χ0n) is 10.6. The van der Waals surface area contributed by atoms with Crippen LogP contribution in [0.3, 0.4) is 0 Å². The summed E-state index contributed by atoms with van der Waals surface area (Å²) in [4.78, 5) is 28.4. The number of halogens is 1. The van der Waals surface area contributed by atoms with Crippen molar-refractivity contribution in [2.45, 2.75) is 13.0 Å². The predicted octanol–water partition coefficient (Wildman–Crippen LogP) is 1.30. The number of benzene rings is 1. The van der Waals surface area contributed by atoms with E-state index in [2.05, 4.69) is 10.3 Å². The highest BCUT2D eigenvalue weighted by Crippen LogP contribution is 2.16. The second kappa shape index (κ2) is 6.96. The maximum atomic E-state index is 11.5. The van der Waals surface area contributed by atoms with Gasteiger partial charge in [-0.1, -0.05) is 11.6 Å². The summed E-state index contributed by atoms with van der Waals surface area (Å²) in [6.07, 6.45) is -1.09. The van der Waals surface area contributed by atoms with Crippen LogP contribution in [0.25, 0.3) is 0 Å². The van der Waals surface area contributed by atoms with Crippen molar-refractivity contribution in [3.8, 4) is 0 Å². The fourth-order valence-corrected chi connectivity index (χ4v) is 1.37. The van der Waals surface area contributed by atoms with Gasteiger partial charge in [0.1, 0.15) is 0 Å². The molecule has 0 unspecified atom stereocenters. The van der Waals surface area contributed by atoms with Crippen molar-refractivity contribution >= 4 is 29.2 Å². The van der Waals surface area contributed by atoms with Crippen LogP contribution in [0.4, 0.5) is 5.69 Å². The van der Waals surface area contributed by atoms with Crippen molar-refractivity contribution in [1.82, 2.24) is 5.48 Å². The lowest BCUT2D eigenvalue weighted by Crippen LogP contribution is -2.38. The van der Waals surface area contributed by atoms with Crippen LogP contribution in [0.15, 0.2) is 24.3 Å². The Labute approximate surface area is 115 Å². The fraction of sp³-hybridized carbons (Fsp3) is 0.333. The molecule has 0 aliphatic heterocycles. The summed E-state index contributed by atoms with van der Waals surface area (Å²) < 4.78 is 0. The molecule has 6 nitrogen and oxygen atoms in total. The third kappa shape index (κ3) is 5.15. The molecule has 0 radical (unpaired) electrons. The number of rotatable bonds is 6. The summed E-state index contributed by atoms with van der Waals surface area (Å²) in [6, 6.07) is 6.98. The lowest BCUT2D eigenvalue weighted by Gasteiger charge is -2.19. The first-order chi connectivity index (χ1) is 8.90. The molecule has 1 aromatic carbocycles. The van der Waals surface area contributed by atoms with Crippen LogP contribution >= 0.6 is 11.6 Å². The SMILES string of the molecule is C[C@@H](ONC(=O)CN(C)c1ccc(Cl)cc1)C(=O)O. The van der Waals surface area contributed by atoms with Gasteiger partial charge >= 0.3 is 5.97 Å².